The van der Waals surface area contributed by atoms with Crippen LogP contribution in [0.4, 0.5) is 4.39 Å². The van der Waals surface area contributed by atoms with Crippen molar-refractivity contribution in [3.05, 3.63) is 88.2 Å². The summed E-state index contributed by atoms with van der Waals surface area (Å²) in [5.41, 5.74) is 7.81. The van der Waals surface area contributed by atoms with Crippen LogP contribution < -0.4 is 4.74 Å². The average Bonchev–Trinajstić information content (AvgIpc) is 3.29. The van der Waals surface area contributed by atoms with Gasteiger partial charge in [0.05, 0.1) is 5.60 Å². The predicted octanol–water partition coefficient (Wildman–Crippen LogP) is 8.27. The van der Waals surface area contributed by atoms with E-state index in [1.165, 1.54) is 24.0 Å². The lowest BCUT2D eigenvalue weighted by atomic mass is 9.84. The number of aryl methyl sites for hydroxylation is 2. The third-order valence-electron chi connectivity index (χ3n) is 9.85. The minimum atomic E-state index is -0.375. The summed E-state index contributed by atoms with van der Waals surface area (Å²) < 4.78 is 27.5. The minimum absolute atomic E-state index is 0.189. The van der Waals surface area contributed by atoms with Crippen LogP contribution in [0, 0.1) is 24.6 Å². The first-order valence-electron chi connectivity index (χ1n) is 13.6. The van der Waals surface area contributed by atoms with E-state index in [1.54, 1.807) is 13.2 Å². The fourth-order valence-electron chi connectivity index (χ4n) is 7.42. The van der Waals surface area contributed by atoms with E-state index in [1.807, 2.05) is 19.1 Å². The molecule has 3 aliphatic carbocycles. The van der Waals surface area contributed by atoms with Crippen LogP contribution in [0.25, 0.3) is 11.1 Å². The molecule has 188 valence electrons. The van der Waals surface area contributed by atoms with Gasteiger partial charge in [0, 0.05) is 18.1 Å². The lowest BCUT2D eigenvalue weighted by molar-refractivity contribution is -0.00833. The zero-order chi connectivity index (χ0) is 25.1. The standard InChI is InChI=1S/C33H37FO2/c1-21-7-12-31(34)28(17-21)27-11-8-24(18-30(27)32(35-4)14-5-6-15-32)20-36-26-10-9-25-13-16-33(29(25)19-26)22(2)23(33)3/h7-12,17-19,22-23H,5-6,13-16,20H2,1-4H3. The SMILES string of the molecule is COC1(c2cc(COc3ccc4c(c3)C3(CC4)C(C)C3C)ccc2-c2cc(C)ccc2F)CCCC1. The summed E-state index contributed by atoms with van der Waals surface area (Å²) >= 11 is 0. The molecule has 0 aliphatic heterocycles. The Kier molecular flexibility index (Phi) is 5.75. The molecule has 2 fully saturated rings. The smallest absolute Gasteiger partial charge is 0.131 e. The maximum atomic E-state index is 15.0. The Bertz CT molecular complexity index is 1300. The van der Waals surface area contributed by atoms with E-state index >= 15 is 0 Å². The molecule has 0 amide bonds. The maximum Gasteiger partial charge on any atom is 0.131 e. The van der Waals surface area contributed by atoms with Gasteiger partial charge in [-0.05, 0) is 103 Å². The van der Waals surface area contributed by atoms with Gasteiger partial charge < -0.3 is 9.47 Å². The molecule has 36 heavy (non-hydrogen) atoms. The van der Waals surface area contributed by atoms with Gasteiger partial charge in [0.15, 0.2) is 0 Å². The van der Waals surface area contributed by atoms with Crippen molar-refractivity contribution in [2.75, 3.05) is 7.11 Å². The largest absolute Gasteiger partial charge is 0.489 e. The van der Waals surface area contributed by atoms with E-state index in [0.717, 1.165) is 65.5 Å². The van der Waals surface area contributed by atoms with Gasteiger partial charge in [-0.15, -0.1) is 0 Å². The summed E-state index contributed by atoms with van der Waals surface area (Å²) in [6, 6.07) is 18.4. The van der Waals surface area contributed by atoms with Crippen molar-refractivity contribution >= 4 is 0 Å². The Hall–Kier alpha value is -2.65. The van der Waals surface area contributed by atoms with Crippen LogP contribution in [0.15, 0.2) is 54.6 Å². The van der Waals surface area contributed by atoms with Crippen molar-refractivity contribution in [2.45, 2.75) is 76.9 Å². The maximum absolute atomic E-state index is 15.0. The fraction of sp³-hybridized carbons (Fsp3) is 0.455. The number of benzene rings is 3. The highest BCUT2D eigenvalue weighted by Crippen LogP contribution is 2.66. The quantitative estimate of drug-likeness (QED) is 0.351. The molecule has 0 heterocycles. The second-order valence-corrected chi connectivity index (χ2v) is 11.5. The van der Waals surface area contributed by atoms with Gasteiger partial charge in [-0.3, -0.25) is 0 Å². The number of halogens is 1. The highest BCUT2D eigenvalue weighted by Gasteiger charge is 2.62. The highest BCUT2D eigenvalue weighted by atomic mass is 19.1. The molecule has 1 spiro atoms. The van der Waals surface area contributed by atoms with Gasteiger partial charge in [-0.2, -0.15) is 0 Å². The van der Waals surface area contributed by atoms with Gasteiger partial charge in [-0.1, -0.05) is 56.5 Å². The van der Waals surface area contributed by atoms with E-state index < -0.39 is 0 Å². The second-order valence-electron chi connectivity index (χ2n) is 11.5. The Morgan fingerprint density at radius 3 is 2.36 bits per heavy atom. The summed E-state index contributed by atoms with van der Waals surface area (Å²) in [7, 11) is 1.80. The Morgan fingerprint density at radius 2 is 1.64 bits per heavy atom. The molecule has 3 aromatic carbocycles. The summed E-state index contributed by atoms with van der Waals surface area (Å²) in [5, 5.41) is 0. The molecule has 0 saturated heterocycles. The summed E-state index contributed by atoms with van der Waals surface area (Å²) in [6.07, 6.45) is 6.61. The van der Waals surface area contributed by atoms with Crippen LogP contribution in [0.3, 0.4) is 0 Å². The first-order valence-corrected chi connectivity index (χ1v) is 13.6. The molecule has 6 rings (SSSR count). The van der Waals surface area contributed by atoms with Crippen LogP contribution in [0.2, 0.25) is 0 Å². The Morgan fingerprint density at radius 1 is 0.861 bits per heavy atom. The molecule has 0 radical (unpaired) electrons. The molecule has 3 aliphatic rings. The van der Waals surface area contributed by atoms with Crippen LogP contribution in [-0.4, -0.2) is 7.11 Å². The minimum Gasteiger partial charge on any atom is -0.489 e. The van der Waals surface area contributed by atoms with Gasteiger partial charge in [-0.25, -0.2) is 4.39 Å². The van der Waals surface area contributed by atoms with Gasteiger partial charge in [0.25, 0.3) is 0 Å². The highest BCUT2D eigenvalue weighted by molar-refractivity contribution is 5.70. The molecule has 2 saturated carbocycles. The molecular formula is C33H37FO2. The summed E-state index contributed by atoms with van der Waals surface area (Å²) in [6.45, 7) is 7.28. The van der Waals surface area contributed by atoms with Crippen LogP contribution >= 0.6 is 0 Å². The van der Waals surface area contributed by atoms with E-state index in [4.69, 9.17) is 9.47 Å². The van der Waals surface area contributed by atoms with E-state index in [2.05, 4.69) is 50.2 Å². The van der Waals surface area contributed by atoms with Gasteiger partial charge in [0.2, 0.25) is 0 Å². The monoisotopic (exact) mass is 484 g/mol. The molecule has 3 aromatic rings. The third kappa shape index (κ3) is 3.62. The number of ether oxygens (including phenoxy) is 2. The molecule has 0 N–H and O–H groups in total. The predicted molar refractivity (Wildman–Crippen MR) is 143 cm³/mol. The molecule has 0 aromatic heterocycles. The molecule has 2 nitrogen and oxygen atoms in total. The molecular weight excluding hydrogens is 447 g/mol. The first-order chi connectivity index (χ1) is 17.4. The number of fused-ring (bicyclic) bond motifs is 2. The zero-order valence-corrected chi connectivity index (χ0v) is 22.0. The molecule has 2 atom stereocenters. The van der Waals surface area contributed by atoms with Crippen LogP contribution in [0.1, 0.15) is 73.8 Å². The molecule has 2 unspecified atom stereocenters. The van der Waals surface area contributed by atoms with Crippen molar-refractivity contribution in [3.63, 3.8) is 0 Å². The fourth-order valence-corrected chi connectivity index (χ4v) is 7.42. The summed E-state index contributed by atoms with van der Waals surface area (Å²) in [4.78, 5) is 0. The second kappa shape index (κ2) is 8.73. The van der Waals surface area contributed by atoms with Gasteiger partial charge in [0.1, 0.15) is 18.2 Å². The lowest BCUT2D eigenvalue weighted by Gasteiger charge is -2.31. The van der Waals surface area contributed by atoms with Crippen LogP contribution in [0.5, 0.6) is 5.75 Å². The van der Waals surface area contributed by atoms with Crippen molar-refractivity contribution in [3.8, 4) is 16.9 Å². The zero-order valence-electron chi connectivity index (χ0n) is 22.0. The van der Waals surface area contributed by atoms with Gasteiger partial charge >= 0.3 is 0 Å². The van der Waals surface area contributed by atoms with Crippen molar-refractivity contribution in [1.29, 1.82) is 0 Å². The Labute approximate surface area is 214 Å². The van der Waals surface area contributed by atoms with E-state index in [0.29, 0.717) is 17.6 Å². The molecule has 0 bridgehead atoms. The topological polar surface area (TPSA) is 18.5 Å². The Balaban J connectivity index is 1.32. The van der Waals surface area contributed by atoms with Crippen molar-refractivity contribution in [2.24, 2.45) is 11.8 Å². The van der Waals surface area contributed by atoms with E-state index in [-0.39, 0.29) is 11.4 Å². The lowest BCUT2D eigenvalue weighted by Crippen LogP contribution is -2.25. The summed E-state index contributed by atoms with van der Waals surface area (Å²) in [5.74, 6) is 2.26. The number of rotatable bonds is 6. The third-order valence-corrected chi connectivity index (χ3v) is 9.85. The number of methoxy groups -OCH3 is 1. The molecule has 3 heteroatoms. The number of hydrogen-bond acceptors (Lipinski definition) is 2. The number of hydrogen-bond donors (Lipinski definition) is 0. The van der Waals surface area contributed by atoms with Crippen molar-refractivity contribution in [1.82, 2.24) is 0 Å². The van der Waals surface area contributed by atoms with E-state index in [9.17, 15) is 4.39 Å². The van der Waals surface area contributed by atoms with Crippen LogP contribution in [-0.2, 0) is 28.8 Å². The average molecular weight is 485 g/mol. The normalized spacial score (nSPS) is 25.8. The first kappa shape index (κ1) is 23.7. The van der Waals surface area contributed by atoms with Crippen molar-refractivity contribution < 1.29 is 13.9 Å².